The predicted molar refractivity (Wildman–Crippen MR) is 129 cm³/mol. The van der Waals surface area contributed by atoms with Crippen LogP contribution in [0.1, 0.15) is 38.2 Å². The second-order valence-electron chi connectivity index (χ2n) is 7.29. The van der Waals surface area contributed by atoms with Gasteiger partial charge in [0.15, 0.2) is 5.11 Å². The summed E-state index contributed by atoms with van der Waals surface area (Å²) in [5, 5.41) is 5.67. The van der Waals surface area contributed by atoms with Gasteiger partial charge < -0.3 is 20.3 Å². The van der Waals surface area contributed by atoms with Crippen molar-refractivity contribution in [2.75, 3.05) is 23.9 Å². The van der Waals surface area contributed by atoms with Gasteiger partial charge in [0, 0.05) is 38.2 Å². The van der Waals surface area contributed by atoms with Gasteiger partial charge in [-0.2, -0.15) is 0 Å². The second kappa shape index (κ2) is 13.2. The number of carbonyl (C=O) groups is 3. The van der Waals surface area contributed by atoms with Crippen LogP contribution >= 0.6 is 12.2 Å². The standard InChI is InChI=1S/C24H29N3O4S/c1-18(28)27(2)21-13-6-12-20(17-21)25-24(32)26-22(29)14-7-15-23(30)31-16-8-11-19-9-4-3-5-10-19/h3-6,9-10,12-13,17H,7-8,11,14-16H2,1-2H3,(H2,25,26,29,32). The van der Waals surface area contributed by atoms with Gasteiger partial charge in [0.2, 0.25) is 11.8 Å². The number of aryl methyl sites for hydroxylation is 1. The molecule has 2 aromatic rings. The molecule has 2 aromatic carbocycles. The summed E-state index contributed by atoms with van der Waals surface area (Å²) in [6.45, 7) is 1.84. The topological polar surface area (TPSA) is 87.7 Å². The number of esters is 1. The van der Waals surface area contributed by atoms with E-state index in [2.05, 4.69) is 10.6 Å². The van der Waals surface area contributed by atoms with Crippen molar-refractivity contribution < 1.29 is 19.1 Å². The molecule has 170 valence electrons. The van der Waals surface area contributed by atoms with E-state index in [0.29, 0.717) is 24.4 Å². The molecule has 0 fully saturated rings. The summed E-state index contributed by atoms with van der Waals surface area (Å²) in [6, 6.07) is 17.1. The van der Waals surface area contributed by atoms with E-state index in [1.165, 1.54) is 17.4 Å². The van der Waals surface area contributed by atoms with Gasteiger partial charge in [0.05, 0.1) is 6.61 Å². The van der Waals surface area contributed by atoms with Crippen molar-refractivity contribution in [1.82, 2.24) is 5.32 Å². The monoisotopic (exact) mass is 455 g/mol. The van der Waals surface area contributed by atoms with Crippen molar-refractivity contribution in [2.45, 2.75) is 39.0 Å². The van der Waals surface area contributed by atoms with Gasteiger partial charge in [-0.1, -0.05) is 36.4 Å². The van der Waals surface area contributed by atoms with E-state index in [4.69, 9.17) is 17.0 Å². The number of hydrogen-bond acceptors (Lipinski definition) is 5. The lowest BCUT2D eigenvalue weighted by Crippen LogP contribution is -2.34. The maximum Gasteiger partial charge on any atom is 0.305 e. The highest BCUT2D eigenvalue weighted by atomic mass is 32.1. The van der Waals surface area contributed by atoms with Gasteiger partial charge in [-0.3, -0.25) is 14.4 Å². The first-order valence-electron chi connectivity index (χ1n) is 10.5. The number of thiocarbonyl (C=S) groups is 1. The van der Waals surface area contributed by atoms with Crippen LogP contribution in [0.4, 0.5) is 11.4 Å². The molecule has 0 radical (unpaired) electrons. The summed E-state index contributed by atoms with van der Waals surface area (Å²) in [5.41, 5.74) is 2.57. The molecule has 0 spiro atoms. The molecular weight excluding hydrogens is 426 g/mol. The Kier molecular flexibility index (Phi) is 10.3. The van der Waals surface area contributed by atoms with Crippen molar-refractivity contribution in [1.29, 1.82) is 0 Å². The normalized spacial score (nSPS) is 10.2. The number of nitrogens with zero attached hydrogens (tertiary/aromatic N) is 1. The highest BCUT2D eigenvalue weighted by Gasteiger charge is 2.10. The van der Waals surface area contributed by atoms with E-state index < -0.39 is 0 Å². The first kappa shape index (κ1) is 25.0. The molecular formula is C24H29N3O4S. The Hall–Kier alpha value is -3.26. The van der Waals surface area contributed by atoms with Crippen LogP contribution in [-0.2, 0) is 25.5 Å². The molecule has 7 nitrogen and oxygen atoms in total. The molecule has 0 saturated carbocycles. The smallest absolute Gasteiger partial charge is 0.305 e. The van der Waals surface area contributed by atoms with Gasteiger partial charge in [-0.25, -0.2) is 0 Å². The molecule has 0 unspecified atom stereocenters. The van der Waals surface area contributed by atoms with Gasteiger partial charge in [-0.15, -0.1) is 0 Å². The number of rotatable bonds is 10. The van der Waals surface area contributed by atoms with Crippen LogP contribution in [0.15, 0.2) is 54.6 Å². The lowest BCUT2D eigenvalue weighted by molar-refractivity contribution is -0.143. The molecule has 2 amide bonds. The Balaban J connectivity index is 1.62. The number of benzene rings is 2. The molecule has 0 aliphatic heterocycles. The quantitative estimate of drug-likeness (QED) is 0.322. The third-order valence-corrected chi connectivity index (χ3v) is 4.92. The Morgan fingerprint density at radius 2 is 1.75 bits per heavy atom. The Labute approximate surface area is 194 Å². The lowest BCUT2D eigenvalue weighted by atomic mass is 10.1. The maximum absolute atomic E-state index is 12.1. The van der Waals surface area contributed by atoms with Crippen LogP contribution in [0.2, 0.25) is 0 Å². The third kappa shape index (κ3) is 9.26. The predicted octanol–water partition coefficient (Wildman–Crippen LogP) is 3.83. The van der Waals surface area contributed by atoms with Crippen molar-refractivity contribution in [3.8, 4) is 0 Å². The van der Waals surface area contributed by atoms with E-state index in [0.717, 1.165) is 12.8 Å². The van der Waals surface area contributed by atoms with E-state index in [1.54, 1.807) is 31.3 Å². The molecule has 0 bridgehead atoms. The zero-order valence-corrected chi connectivity index (χ0v) is 19.2. The SMILES string of the molecule is CC(=O)N(C)c1cccc(NC(=S)NC(=O)CCCC(=O)OCCCc2ccccc2)c1. The van der Waals surface area contributed by atoms with Gasteiger partial charge in [0.25, 0.3) is 0 Å². The molecule has 2 rings (SSSR count). The Morgan fingerprint density at radius 1 is 1.00 bits per heavy atom. The second-order valence-corrected chi connectivity index (χ2v) is 7.70. The van der Waals surface area contributed by atoms with E-state index in [1.807, 2.05) is 30.3 Å². The number of carbonyl (C=O) groups excluding carboxylic acids is 3. The van der Waals surface area contributed by atoms with Crippen molar-refractivity contribution in [3.63, 3.8) is 0 Å². The van der Waals surface area contributed by atoms with Gasteiger partial charge in [-0.05, 0) is 55.2 Å². The first-order valence-corrected chi connectivity index (χ1v) is 10.9. The zero-order chi connectivity index (χ0) is 23.3. The van der Waals surface area contributed by atoms with Crippen LogP contribution in [0.3, 0.4) is 0 Å². The minimum atomic E-state index is -0.307. The summed E-state index contributed by atoms with van der Waals surface area (Å²) in [5.74, 6) is -0.679. The number of amides is 2. The van der Waals surface area contributed by atoms with Crippen LogP contribution in [0, 0.1) is 0 Å². The molecule has 2 N–H and O–H groups in total. The largest absolute Gasteiger partial charge is 0.466 e. The number of hydrogen-bond donors (Lipinski definition) is 2. The molecule has 32 heavy (non-hydrogen) atoms. The minimum absolute atomic E-state index is 0.0900. The highest BCUT2D eigenvalue weighted by Crippen LogP contribution is 2.18. The molecule has 0 aromatic heterocycles. The number of ether oxygens (including phenoxy) is 1. The molecule has 0 aliphatic carbocycles. The van der Waals surface area contributed by atoms with Gasteiger partial charge >= 0.3 is 5.97 Å². The zero-order valence-electron chi connectivity index (χ0n) is 18.4. The summed E-state index contributed by atoms with van der Waals surface area (Å²) < 4.78 is 5.22. The average Bonchev–Trinajstić information content (AvgIpc) is 2.77. The van der Waals surface area contributed by atoms with Crippen LogP contribution in [0.25, 0.3) is 0 Å². The first-order chi connectivity index (χ1) is 15.3. The van der Waals surface area contributed by atoms with Crippen LogP contribution < -0.4 is 15.5 Å². The molecule has 8 heteroatoms. The summed E-state index contributed by atoms with van der Waals surface area (Å²) >= 11 is 5.17. The third-order valence-electron chi connectivity index (χ3n) is 4.72. The molecule has 0 aliphatic rings. The lowest BCUT2D eigenvalue weighted by Gasteiger charge is -2.16. The van der Waals surface area contributed by atoms with Gasteiger partial charge in [0.1, 0.15) is 0 Å². The fourth-order valence-corrected chi connectivity index (χ4v) is 3.13. The number of anilines is 2. The van der Waals surface area contributed by atoms with Crippen molar-refractivity contribution in [2.24, 2.45) is 0 Å². The molecule has 0 saturated heterocycles. The summed E-state index contributed by atoms with van der Waals surface area (Å²) in [6.07, 6.45) is 2.34. The maximum atomic E-state index is 12.1. The average molecular weight is 456 g/mol. The van der Waals surface area contributed by atoms with Crippen molar-refractivity contribution >= 4 is 46.5 Å². The van der Waals surface area contributed by atoms with Crippen LogP contribution in [-0.4, -0.2) is 36.6 Å². The highest BCUT2D eigenvalue weighted by molar-refractivity contribution is 7.80. The number of nitrogens with one attached hydrogen (secondary N) is 2. The van der Waals surface area contributed by atoms with E-state index in [9.17, 15) is 14.4 Å². The fourth-order valence-electron chi connectivity index (χ4n) is 2.90. The Bertz CT molecular complexity index is 934. The van der Waals surface area contributed by atoms with Crippen LogP contribution in [0.5, 0.6) is 0 Å². The minimum Gasteiger partial charge on any atom is -0.466 e. The fraction of sp³-hybridized carbons (Fsp3) is 0.333. The molecule has 0 heterocycles. The van der Waals surface area contributed by atoms with E-state index in [-0.39, 0.29) is 35.7 Å². The summed E-state index contributed by atoms with van der Waals surface area (Å²) in [7, 11) is 1.68. The van der Waals surface area contributed by atoms with Crippen molar-refractivity contribution in [3.05, 3.63) is 60.2 Å². The Morgan fingerprint density at radius 3 is 2.47 bits per heavy atom. The van der Waals surface area contributed by atoms with E-state index >= 15 is 0 Å². The molecule has 0 atom stereocenters. The summed E-state index contributed by atoms with van der Waals surface area (Å²) in [4.78, 5) is 36.9.